The van der Waals surface area contributed by atoms with Crippen molar-refractivity contribution in [3.63, 3.8) is 0 Å². The number of hydrogen-bond acceptors (Lipinski definition) is 2. The molecule has 2 fully saturated rings. The normalized spacial score (nSPS) is 27.7. The molecule has 1 saturated carbocycles. The van der Waals surface area contributed by atoms with Gasteiger partial charge in [0.25, 0.3) is 0 Å². The summed E-state index contributed by atoms with van der Waals surface area (Å²) in [5.41, 5.74) is 0. The molecule has 2 aliphatic rings. The number of hydrogen-bond donors (Lipinski definition) is 1. The summed E-state index contributed by atoms with van der Waals surface area (Å²) in [6.07, 6.45) is 7.20. The van der Waals surface area contributed by atoms with Gasteiger partial charge in [0.05, 0.1) is 0 Å². The summed E-state index contributed by atoms with van der Waals surface area (Å²) < 4.78 is 0. The van der Waals surface area contributed by atoms with Gasteiger partial charge in [0.2, 0.25) is 0 Å². The molecule has 1 aliphatic heterocycles. The monoisotopic (exact) mass is 238 g/mol. The van der Waals surface area contributed by atoms with Crippen LogP contribution in [0.1, 0.15) is 52.9 Å². The summed E-state index contributed by atoms with van der Waals surface area (Å²) in [5.74, 6) is 1.93. The van der Waals surface area contributed by atoms with Crippen molar-refractivity contribution in [3.05, 3.63) is 0 Å². The molecule has 2 atom stereocenters. The first kappa shape index (κ1) is 13.4. The van der Waals surface area contributed by atoms with E-state index >= 15 is 0 Å². The second kappa shape index (κ2) is 6.19. The Morgan fingerprint density at radius 3 is 2.41 bits per heavy atom. The molecule has 0 radical (unpaired) electrons. The molecule has 2 unspecified atom stereocenters. The predicted molar refractivity (Wildman–Crippen MR) is 74.2 cm³/mol. The van der Waals surface area contributed by atoms with Crippen LogP contribution in [-0.4, -0.2) is 36.6 Å². The van der Waals surface area contributed by atoms with Crippen LogP contribution in [0.4, 0.5) is 0 Å². The Kier molecular flexibility index (Phi) is 4.87. The van der Waals surface area contributed by atoms with Crippen LogP contribution >= 0.6 is 0 Å². The summed E-state index contributed by atoms with van der Waals surface area (Å²) in [6.45, 7) is 10.9. The first-order valence-electron chi connectivity index (χ1n) is 7.63. The molecule has 17 heavy (non-hydrogen) atoms. The second-order valence-corrected chi connectivity index (χ2v) is 6.53. The van der Waals surface area contributed by atoms with Crippen molar-refractivity contribution >= 4 is 0 Å². The molecule has 2 nitrogen and oxygen atoms in total. The van der Waals surface area contributed by atoms with E-state index in [4.69, 9.17) is 0 Å². The summed E-state index contributed by atoms with van der Waals surface area (Å²) >= 11 is 0. The molecule has 100 valence electrons. The molecular formula is C15H30N2. The van der Waals surface area contributed by atoms with Crippen molar-refractivity contribution < 1.29 is 0 Å². The van der Waals surface area contributed by atoms with E-state index in [0.717, 1.165) is 17.9 Å². The van der Waals surface area contributed by atoms with Crippen molar-refractivity contribution in [2.75, 3.05) is 19.6 Å². The summed E-state index contributed by atoms with van der Waals surface area (Å²) in [7, 11) is 0. The van der Waals surface area contributed by atoms with Crippen molar-refractivity contribution in [2.24, 2.45) is 11.8 Å². The maximum Gasteiger partial charge on any atom is 0.00723 e. The van der Waals surface area contributed by atoms with Gasteiger partial charge in [0.1, 0.15) is 0 Å². The van der Waals surface area contributed by atoms with E-state index in [1.807, 2.05) is 0 Å². The van der Waals surface area contributed by atoms with E-state index in [1.54, 1.807) is 0 Å². The first-order valence-corrected chi connectivity index (χ1v) is 7.63. The van der Waals surface area contributed by atoms with E-state index in [9.17, 15) is 0 Å². The molecule has 2 heteroatoms. The highest BCUT2D eigenvalue weighted by atomic mass is 15.2. The Balaban J connectivity index is 1.81. The average molecular weight is 238 g/mol. The van der Waals surface area contributed by atoms with Crippen LogP contribution in [0.25, 0.3) is 0 Å². The second-order valence-electron chi connectivity index (χ2n) is 6.53. The minimum absolute atomic E-state index is 0.700. The Bertz CT molecular complexity index is 217. The van der Waals surface area contributed by atoms with Gasteiger partial charge in [-0.15, -0.1) is 0 Å². The van der Waals surface area contributed by atoms with Gasteiger partial charge in [-0.05, 0) is 65.0 Å². The van der Waals surface area contributed by atoms with Crippen molar-refractivity contribution in [1.82, 2.24) is 10.2 Å². The lowest BCUT2D eigenvalue weighted by Gasteiger charge is -2.37. The highest BCUT2D eigenvalue weighted by Gasteiger charge is 2.28. The van der Waals surface area contributed by atoms with Gasteiger partial charge in [-0.3, -0.25) is 4.90 Å². The average Bonchev–Trinajstić information content (AvgIpc) is 3.10. The topological polar surface area (TPSA) is 15.3 Å². The largest absolute Gasteiger partial charge is 0.316 e. The van der Waals surface area contributed by atoms with Gasteiger partial charge in [-0.1, -0.05) is 12.8 Å². The van der Waals surface area contributed by atoms with Gasteiger partial charge in [-0.2, -0.15) is 0 Å². The SMILES string of the molecule is CC(C)N(CC1CCCNC1)C(C)CC1CC1. The van der Waals surface area contributed by atoms with Gasteiger partial charge < -0.3 is 5.32 Å². The number of piperidine rings is 1. The third-order valence-corrected chi connectivity index (χ3v) is 4.47. The van der Waals surface area contributed by atoms with Crippen molar-refractivity contribution in [1.29, 1.82) is 0 Å². The van der Waals surface area contributed by atoms with Crippen LogP contribution < -0.4 is 5.32 Å². The number of rotatable bonds is 6. The number of nitrogens with zero attached hydrogens (tertiary/aromatic N) is 1. The molecule has 2 rings (SSSR count). The zero-order valence-electron chi connectivity index (χ0n) is 11.9. The summed E-state index contributed by atoms with van der Waals surface area (Å²) in [6, 6.07) is 1.48. The molecule has 0 spiro atoms. The molecule has 0 aromatic carbocycles. The van der Waals surface area contributed by atoms with Gasteiger partial charge in [0, 0.05) is 18.6 Å². The quantitative estimate of drug-likeness (QED) is 0.765. The molecular weight excluding hydrogens is 208 g/mol. The molecule has 0 bridgehead atoms. The lowest BCUT2D eigenvalue weighted by Crippen LogP contribution is -2.45. The van der Waals surface area contributed by atoms with Crippen LogP contribution in [0.15, 0.2) is 0 Å². The highest BCUT2D eigenvalue weighted by Crippen LogP contribution is 2.35. The van der Waals surface area contributed by atoms with Crippen LogP contribution in [-0.2, 0) is 0 Å². The molecule has 1 aliphatic carbocycles. The lowest BCUT2D eigenvalue weighted by molar-refractivity contribution is 0.118. The van der Waals surface area contributed by atoms with Crippen LogP contribution in [0.5, 0.6) is 0 Å². The third kappa shape index (κ3) is 4.26. The fourth-order valence-electron chi connectivity index (χ4n) is 3.25. The maximum absolute atomic E-state index is 3.54. The lowest BCUT2D eigenvalue weighted by atomic mass is 9.97. The fourth-order valence-corrected chi connectivity index (χ4v) is 3.25. The third-order valence-electron chi connectivity index (χ3n) is 4.47. The van der Waals surface area contributed by atoms with Crippen molar-refractivity contribution in [3.8, 4) is 0 Å². The standard InChI is InChI=1S/C15H30N2/c1-12(2)17(13(3)9-14-6-7-14)11-15-5-4-8-16-10-15/h12-16H,4-11H2,1-3H3. The Morgan fingerprint density at radius 2 is 1.88 bits per heavy atom. The Labute approximate surface area is 107 Å². The summed E-state index contributed by atoms with van der Waals surface area (Å²) in [5, 5.41) is 3.54. The van der Waals surface area contributed by atoms with Crippen LogP contribution in [0.3, 0.4) is 0 Å². The molecule has 1 heterocycles. The molecule has 0 aromatic rings. The zero-order valence-corrected chi connectivity index (χ0v) is 11.9. The Hall–Kier alpha value is -0.0800. The van der Waals surface area contributed by atoms with Gasteiger partial charge in [-0.25, -0.2) is 0 Å². The molecule has 1 saturated heterocycles. The number of nitrogens with one attached hydrogen (secondary N) is 1. The van der Waals surface area contributed by atoms with Gasteiger partial charge >= 0.3 is 0 Å². The van der Waals surface area contributed by atoms with E-state index in [-0.39, 0.29) is 0 Å². The highest BCUT2D eigenvalue weighted by molar-refractivity contribution is 4.83. The van der Waals surface area contributed by atoms with E-state index in [1.165, 1.54) is 51.7 Å². The minimum atomic E-state index is 0.700. The fraction of sp³-hybridized carbons (Fsp3) is 1.00. The van der Waals surface area contributed by atoms with E-state index in [2.05, 4.69) is 31.0 Å². The Morgan fingerprint density at radius 1 is 1.12 bits per heavy atom. The van der Waals surface area contributed by atoms with E-state index in [0.29, 0.717) is 6.04 Å². The zero-order chi connectivity index (χ0) is 12.3. The van der Waals surface area contributed by atoms with Crippen LogP contribution in [0, 0.1) is 11.8 Å². The van der Waals surface area contributed by atoms with Crippen LogP contribution in [0.2, 0.25) is 0 Å². The minimum Gasteiger partial charge on any atom is -0.316 e. The van der Waals surface area contributed by atoms with Crippen molar-refractivity contribution in [2.45, 2.75) is 65.0 Å². The predicted octanol–water partition coefficient (Wildman–Crippen LogP) is 2.89. The first-order chi connectivity index (χ1) is 8.16. The van der Waals surface area contributed by atoms with E-state index < -0.39 is 0 Å². The summed E-state index contributed by atoms with van der Waals surface area (Å²) in [4.78, 5) is 2.75. The molecule has 0 amide bonds. The molecule has 1 N–H and O–H groups in total. The smallest absolute Gasteiger partial charge is 0.00723 e. The van der Waals surface area contributed by atoms with Gasteiger partial charge in [0.15, 0.2) is 0 Å². The maximum atomic E-state index is 3.54. The molecule has 0 aromatic heterocycles.